The minimum absolute atomic E-state index is 0.0615. The Morgan fingerprint density at radius 2 is 2.22 bits per heavy atom. The molecular formula is C16H21ClN2O4. The molecule has 0 radical (unpaired) electrons. The van der Waals surface area contributed by atoms with Crippen molar-refractivity contribution in [2.24, 2.45) is 11.8 Å². The van der Waals surface area contributed by atoms with Crippen molar-refractivity contribution in [2.45, 2.75) is 6.92 Å². The maximum atomic E-state index is 11.9. The van der Waals surface area contributed by atoms with Gasteiger partial charge in [0, 0.05) is 18.1 Å². The van der Waals surface area contributed by atoms with Crippen LogP contribution in [0.1, 0.15) is 6.92 Å². The van der Waals surface area contributed by atoms with Gasteiger partial charge in [-0.2, -0.15) is 0 Å². The Balaban J connectivity index is 1.65. The topological polar surface area (TPSA) is 78.9 Å². The maximum Gasteiger partial charge on any atom is 0.308 e. The summed E-state index contributed by atoms with van der Waals surface area (Å²) >= 11 is 5.85. The number of nitrogens with zero attached hydrogens (tertiary/aromatic N) is 1. The van der Waals surface area contributed by atoms with Crippen LogP contribution in [0.4, 0.5) is 0 Å². The molecule has 1 fully saturated rings. The van der Waals surface area contributed by atoms with Crippen molar-refractivity contribution < 1.29 is 19.4 Å². The van der Waals surface area contributed by atoms with Crippen LogP contribution in [0.2, 0.25) is 5.02 Å². The molecule has 2 rings (SSSR count). The highest BCUT2D eigenvalue weighted by molar-refractivity contribution is 6.30. The second-order valence-electron chi connectivity index (χ2n) is 5.77. The summed E-state index contributed by atoms with van der Waals surface area (Å²) in [5.74, 6) is -0.599. The van der Waals surface area contributed by atoms with Gasteiger partial charge in [0.15, 0.2) is 0 Å². The molecule has 0 spiro atoms. The van der Waals surface area contributed by atoms with E-state index in [1.165, 1.54) is 0 Å². The highest BCUT2D eigenvalue weighted by Crippen LogP contribution is 2.22. The van der Waals surface area contributed by atoms with Crippen LogP contribution in [0.25, 0.3) is 0 Å². The molecule has 1 aromatic rings. The summed E-state index contributed by atoms with van der Waals surface area (Å²) < 4.78 is 5.48. The SMILES string of the molecule is C[C@@H]1CN(CC(=O)NCCOc2cccc(Cl)c2)C[C@H]1C(=O)O. The molecule has 1 saturated heterocycles. The molecule has 2 N–H and O–H groups in total. The van der Waals surface area contributed by atoms with Crippen LogP contribution in [0.5, 0.6) is 5.75 Å². The average molecular weight is 341 g/mol. The van der Waals surface area contributed by atoms with Gasteiger partial charge in [-0.15, -0.1) is 0 Å². The summed E-state index contributed by atoms with van der Waals surface area (Å²) in [5, 5.41) is 12.5. The summed E-state index contributed by atoms with van der Waals surface area (Å²) in [6, 6.07) is 7.06. The Kier molecular flexibility index (Phi) is 6.24. The Bertz CT molecular complexity index is 567. The summed E-state index contributed by atoms with van der Waals surface area (Å²) in [7, 11) is 0. The largest absolute Gasteiger partial charge is 0.492 e. The molecule has 0 aliphatic carbocycles. The number of ether oxygens (including phenoxy) is 1. The van der Waals surface area contributed by atoms with Crippen molar-refractivity contribution >= 4 is 23.5 Å². The van der Waals surface area contributed by atoms with Crippen LogP contribution in [-0.4, -0.2) is 54.7 Å². The Morgan fingerprint density at radius 3 is 2.87 bits per heavy atom. The number of carboxylic acid groups (broad SMARTS) is 1. The monoisotopic (exact) mass is 340 g/mol. The Morgan fingerprint density at radius 1 is 1.43 bits per heavy atom. The van der Waals surface area contributed by atoms with E-state index in [0.717, 1.165) is 0 Å². The number of carbonyl (C=O) groups is 2. The lowest BCUT2D eigenvalue weighted by atomic mass is 9.99. The molecule has 0 aromatic heterocycles. The molecule has 1 aliphatic rings. The summed E-state index contributed by atoms with van der Waals surface area (Å²) in [6.07, 6.45) is 0. The van der Waals surface area contributed by atoms with Gasteiger partial charge in [-0.05, 0) is 24.1 Å². The van der Waals surface area contributed by atoms with Gasteiger partial charge in [-0.25, -0.2) is 0 Å². The minimum Gasteiger partial charge on any atom is -0.492 e. The maximum absolute atomic E-state index is 11.9. The highest BCUT2D eigenvalue weighted by Gasteiger charge is 2.35. The van der Waals surface area contributed by atoms with Crippen LogP contribution in [0, 0.1) is 11.8 Å². The molecule has 23 heavy (non-hydrogen) atoms. The molecule has 1 heterocycles. The number of carboxylic acids is 1. The van der Waals surface area contributed by atoms with Gasteiger partial charge in [0.25, 0.3) is 0 Å². The van der Waals surface area contributed by atoms with Crippen LogP contribution < -0.4 is 10.1 Å². The van der Waals surface area contributed by atoms with Crippen molar-refractivity contribution in [3.8, 4) is 5.75 Å². The molecule has 1 aromatic carbocycles. The van der Waals surface area contributed by atoms with Crippen molar-refractivity contribution in [3.63, 3.8) is 0 Å². The van der Waals surface area contributed by atoms with Gasteiger partial charge < -0.3 is 15.2 Å². The highest BCUT2D eigenvalue weighted by atomic mass is 35.5. The quantitative estimate of drug-likeness (QED) is 0.735. The normalized spacial score (nSPS) is 21.1. The molecule has 0 bridgehead atoms. The predicted octanol–water partition coefficient (Wildman–Crippen LogP) is 1.49. The second-order valence-corrected chi connectivity index (χ2v) is 6.21. The fourth-order valence-electron chi connectivity index (χ4n) is 2.69. The first-order chi connectivity index (χ1) is 11.0. The molecule has 126 valence electrons. The molecule has 1 aliphatic heterocycles. The van der Waals surface area contributed by atoms with Gasteiger partial charge in [0.1, 0.15) is 12.4 Å². The lowest BCUT2D eigenvalue weighted by Crippen LogP contribution is -2.38. The number of amides is 1. The summed E-state index contributed by atoms with van der Waals surface area (Å²) in [5.41, 5.74) is 0. The number of hydrogen-bond acceptors (Lipinski definition) is 4. The third-order valence-electron chi connectivity index (χ3n) is 3.86. The van der Waals surface area contributed by atoms with E-state index >= 15 is 0 Å². The molecule has 0 unspecified atom stereocenters. The van der Waals surface area contributed by atoms with Gasteiger partial charge in [0.05, 0.1) is 19.0 Å². The van der Waals surface area contributed by atoms with E-state index in [1.807, 2.05) is 11.8 Å². The zero-order valence-corrected chi connectivity index (χ0v) is 13.8. The predicted molar refractivity (Wildman–Crippen MR) is 86.7 cm³/mol. The van der Waals surface area contributed by atoms with Gasteiger partial charge in [-0.3, -0.25) is 14.5 Å². The van der Waals surface area contributed by atoms with Crippen LogP contribution in [0.3, 0.4) is 0 Å². The Hall–Kier alpha value is -1.79. The van der Waals surface area contributed by atoms with Crippen LogP contribution >= 0.6 is 11.6 Å². The molecule has 1 amide bonds. The van der Waals surface area contributed by atoms with E-state index in [0.29, 0.717) is 37.0 Å². The van der Waals surface area contributed by atoms with Gasteiger partial charge >= 0.3 is 5.97 Å². The summed E-state index contributed by atoms with van der Waals surface area (Å²) in [4.78, 5) is 24.8. The van der Waals surface area contributed by atoms with E-state index in [9.17, 15) is 9.59 Å². The number of halogens is 1. The number of benzene rings is 1. The van der Waals surface area contributed by atoms with E-state index in [2.05, 4.69) is 5.32 Å². The fourth-order valence-corrected chi connectivity index (χ4v) is 2.87. The fraction of sp³-hybridized carbons (Fsp3) is 0.500. The van der Waals surface area contributed by atoms with Crippen molar-refractivity contribution in [3.05, 3.63) is 29.3 Å². The number of nitrogens with one attached hydrogen (secondary N) is 1. The number of likely N-dealkylation sites (tertiary alicyclic amines) is 1. The first kappa shape index (κ1) is 17.6. The van der Waals surface area contributed by atoms with E-state index in [-0.39, 0.29) is 18.4 Å². The Labute approximate surface area is 140 Å². The molecule has 0 saturated carbocycles. The zero-order chi connectivity index (χ0) is 16.8. The van der Waals surface area contributed by atoms with E-state index < -0.39 is 11.9 Å². The van der Waals surface area contributed by atoms with Crippen molar-refractivity contribution in [2.75, 3.05) is 32.8 Å². The number of rotatable bonds is 7. The first-order valence-corrected chi connectivity index (χ1v) is 7.93. The van der Waals surface area contributed by atoms with E-state index in [1.54, 1.807) is 24.3 Å². The zero-order valence-electron chi connectivity index (χ0n) is 13.0. The molecule has 6 nitrogen and oxygen atoms in total. The average Bonchev–Trinajstić information content (AvgIpc) is 2.84. The lowest BCUT2D eigenvalue weighted by molar-refractivity contribution is -0.142. The standard InChI is InChI=1S/C16H21ClN2O4/c1-11-8-19(9-14(11)16(21)22)10-15(20)18-5-6-23-13-4-2-3-12(17)7-13/h2-4,7,11,14H,5-6,8-10H2,1H3,(H,18,20)(H,21,22)/t11-,14-/m1/s1. The van der Waals surface area contributed by atoms with Crippen molar-refractivity contribution in [1.29, 1.82) is 0 Å². The first-order valence-electron chi connectivity index (χ1n) is 7.56. The number of carbonyl (C=O) groups excluding carboxylic acids is 1. The van der Waals surface area contributed by atoms with Gasteiger partial charge in [0.2, 0.25) is 5.91 Å². The second kappa shape index (κ2) is 8.17. The third kappa shape index (κ3) is 5.41. The van der Waals surface area contributed by atoms with Crippen LogP contribution in [0.15, 0.2) is 24.3 Å². The molecule has 7 heteroatoms. The summed E-state index contributed by atoms with van der Waals surface area (Å²) in [6.45, 7) is 3.89. The minimum atomic E-state index is -0.796. The number of hydrogen-bond donors (Lipinski definition) is 2. The third-order valence-corrected chi connectivity index (χ3v) is 4.10. The van der Waals surface area contributed by atoms with Gasteiger partial charge in [-0.1, -0.05) is 24.6 Å². The molecule has 2 atom stereocenters. The molecular weight excluding hydrogens is 320 g/mol. The van der Waals surface area contributed by atoms with Crippen molar-refractivity contribution in [1.82, 2.24) is 10.2 Å². The van der Waals surface area contributed by atoms with Crippen LogP contribution in [-0.2, 0) is 9.59 Å². The lowest BCUT2D eigenvalue weighted by Gasteiger charge is -2.15. The number of aliphatic carboxylic acids is 1. The smallest absolute Gasteiger partial charge is 0.308 e. The van der Waals surface area contributed by atoms with E-state index in [4.69, 9.17) is 21.4 Å².